The molecular formula is C15H18N2O. The first-order valence-corrected chi connectivity index (χ1v) is 6.22. The molecule has 0 spiro atoms. The highest BCUT2D eigenvalue weighted by Gasteiger charge is 2.04. The van der Waals surface area contributed by atoms with Gasteiger partial charge in [0, 0.05) is 11.6 Å². The summed E-state index contributed by atoms with van der Waals surface area (Å²) in [5.74, 6) is 1.26. The van der Waals surface area contributed by atoms with Crippen LogP contribution >= 0.6 is 0 Å². The number of aryl methyl sites for hydroxylation is 1. The van der Waals surface area contributed by atoms with Crippen molar-refractivity contribution in [2.24, 2.45) is 5.92 Å². The smallest absolute Gasteiger partial charge is 0.251 e. The van der Waals surface area contributed by atoms with E-state index in [0.29, 0.717) is 11.7 Å². The van der Waals surface area contributed by atoms with Gasteiger partial charge >= 0.3 is 0 Å². The molecule has 0 aliphatic heterocycles. The molecule has 0 unspecified atom stereocenters. The van der Waals surface area contributed by atoms with Crippen molar-refractivity contribution in [3.8, 4) is 11.3 Å². The molecule has 0 saturated heterocycles. The maximum absolute atomic E-state index is 11.5. The first kappa shape index (κ1) is 12.6. The summed E-state index contributed by atoms with van der Waals surface area (Å²) in [4.78, 5) is 18.5. The van der Waals surface area contributed by atoms with Crippen LogP contribution < -0.4 is 5.56 Å². The van der Waals surface area contributed by atoms with Crippen LogP contribution in [0.3, 0.4) is 0 Å². The Morgan fingerprint density at radius 3 is 2.72 bits per heavy atom. The van der Waals surface area contributed by atoms with Gasteiger partial charge in [-0.05, 0) is 30.9 Å². The van der Waals surface area contributed by atoms with Gasteiger partial charge in [-0.2, -0.15) is 0 Å². The van der Waals surface area contributed by atoms with E-state index in [1.54, 1.807) is 13.0 Å². The number of aromatic nitrogens is 2. The summed E-state index contributed by atoms with van der Waals surface area (Å²) in [6.07, 6.45) is 1.04. The van der Waals surface area contributed by atoms with Crippen molar-refractivity contribution in [2.75, 3.05) is 0 Å². The van der Waals surface area contributed by atoms with Crippen LogP contribution in [0.5, 0.6) is 0 Å². The summed E-state index contributed by atoms with van der Waals surface area (Å²) < 4.78 is 0. The molecule has 0 fully saturated rings. The number of H-pyrrole nitrogens is 1. The van der Waals surface area contributed by atoms with E-state index in [4.69, 9.17) is 0 Å². The summed E-state index contributed by atoms with van der Waals surface area (Å²) >= 11 is 0. The van der Waals surface area contributed by atoms with Crippen molar-refractivity contribution < 1.29 is 0 Å². The van der Waals surface area contributed by atoms with Crippen LogP contribution in [0.15, 0.2) is 35.1 Å². The van der Waals surface area contributed by atoms with Crippen LogP contribution in [-0.2, 0) is 6.42 Å². The molecule has 0 aliphatic rings. The van der Waals surface area contributed by atoms with Crippen molar-refractivity contribution in [1.82, 2.24) is 9.97 Å². The third-order valence-electron chi connectivity index (χ3n) is 2.73. The highest BCUT2D eigenvalue weighted by Crippen LogP contribution is 2.18. The molecule has 1 N–H and O–H groups in total. The molecule has 3 nitrogen and oxygen atoms in total. The molecule has 1 aromatic carbocycles. The molecule has 2 aromatic rings. The Labute approximate surface area is 107 Å². The molecule has 0 bridgehead atoms. The zero-order valence-corrected chi connectivity index (χ0v) is 11.0. The fourth-order valence-corrected chi connectivity index (χ4v) is 2.06. The van der Waals surface area contributed by atoms with E-state index in [1.807, 2.05) is 12.1 Å². The van der Waals surface area contributed by atoms with Crippen molar-refractivity contribution in [2.45, 2.75) is 27.2 Å². The van der Waals surface area contributed by atoms with Crippen LogP contribution in [0.25, 0.3) is 11.3 Å². The quantitative estimate of drug-likeness (QED) is 0.899. The van der Waals surface area contributed by atoms with E-state index in [-0.39, 0.29) is 5.56 Å². The fourth-order valence-electron chi connectivity index (χ4n) is 2.06. The van der Waals surface area contributed by atoms with Gasteiger partial charge in [0.05, 0.1) is 5.69 Å². The molecule has 0 aliphatic carbocycles. The Morgan fingerprint density at radius 1 is 1.28 bits per heavy atom. The number of hydrogen-bond donors (Lipinski definition) is 1. The lowest BCUT2D eigenvalue weighted by Gasteiger charge is -2.07. The van der Waals surface area contributed by atoms with E-state index in [2.05, 4.69) is 35.9 Å². The largest absolute Gasteiger partial charge is 0.311 e. The molecular weight excluding hydrogens is 224 g/mol. The lowest BCUT2D eigenvalue weighted by molar-refractivity contribution is 0.647. The van der Waals surface area contributed by atoms with Gasteiger partial charge in [-0.3, -0.25) is 4.79 Å². The van der Waals surface area contributed by atoms with E-state index in [0.717, 1.165) is 17.7 Å². The fraction of sp³-hybridized carbons (Fsp3) is 0.333. The van der Waals surface area contributed by atoms with Crippen LogP contribution in [-0.4, -0.2) is 9.97 Å². The Balaban J connectivity index is 2.41. The van der Waals surface area contributed by atoms with Crippen molar-refractivity contribution in [1.29, 1.82) is 0 Å². The van der Waals surface area contributed by atoms with Crippen LogP contribution in [0.1, 0.15) is 25.2 Å². The normalized spacial score (nSPS) is 10.9. The lowest BCUT2D eigenvalue weighted by atomic mass is 10.00. The standard InChI is InChI=1S/C15H18N2O/c1-10(2)7-12-5-4-6-13(8-12)14-9-15(18)17-11(3)16-14/h4-6,8-10H,7H2,1-3H3,(H,16,17,18). The SMILES string of the molecule is Cc1nc(-c2cccc(CC(C)C)c2)cc(=O)[nH]1. The second-order valence-electron chi connectivity index (χ2n) is 5.01. The zero-order chi connectivity index (χ0) is 13.1. The number of nitrogens with zero attached hydrogens (tertiary/aromatic N) is 1. The predicted molar refractivity (Wildman–Crippen MR) is 73.6 cm³/mol. The Bertz CT molecular complexity index is 599. The minimum Gasteiger partial charge on any atom is -0.311 e. The molecule has 0 radical (unpaired) electrons. The van der Waals surface area contributed by atoms with Crippen LogP contribution in [0.2, 0.25) is 0 Å². The molecule has 0 saturated carbocycles. The summed E-state index contributed by atoms with van der Waals surface area (Å²) in [7, 11) is 0. The summed E-state index contributed by atoms with van der Waals surface area (Å²) in [5, 5.41) is 0. The number of aromatic amines is 1. The molecule has 18 heavy (non-hydrogen) atoms. The molecule has 0 atom stereocenters. The molecule has 3 heteroatoms. The lowest BCUT2D eigenvalue weighted by Crippen LogP contribution is -2.08. The monoisotopic (exact) mass is 242 g/mol. The minimum atomic E-state index is -0.105. The number of hydrogen-bond acceptors (Lipinski definition) is 2. The molecule has 1 heterocycles. The maximum Gasteiger partial charge on any atom is 0.251 e. The topological polar surface area (TPSA) is 45.8 Å². The third kappa shape index (κ3) is 3.06. The zero-order valence-electron chi connectivity index (χ0n) is 11.0. The van der Waals surface area contributed by atoms with Crippen LogP contribution in [0, 0.1) is 12.8 Å². The second-order valence-corrected chi connectivity index (χ2v) is 5.01. The molecule has 2 rings (SSSR count). The number of rotatable bonds is 3. The van der Waals surface area contributed by atoms with Gasteiger partial charge in [-0.1, -0.05) is 32.0 Å². The van der Waals surface area contributed by atoms with Gasteiger partial charge in [-0.15, -0.1) is 0 Å². The third-order valence-corrected chi connectivity index (χ3v) is 2.73. The Morgan fingerprint density at radius 2 is 2.06 bits per heavy atom. The average molecular weight is 242 g/mol. The average Bonchev–Trinajstić information content (AvgIpc) is 2.27. The van der Waals surface area contributed by atoms with E-state index < -0.39 is 0 Å². The van der Waals surface area contributed by atoms with Gasteiger partial charge < -0.3 is 4.98 Å². The Kier molecular flexibility index (Phi) is 3.60. The first-order valence-electron chi connectivity index (χ1n) is 6.22. The summed E-state index contributed by atoms with van der Waals surface area (Å²) in [5.41, 5.74) is 2.92. The van der Waals surface area contributed by atoms with Crippen molar-refractivity contribution in [3.63, 3.8) is 0 Å². The second kappa shape index (κ2) is 5.17. The summed E-state index contributed by atoms with van der Waals surface area (Å²) in [6, 6.07) is 9.78. The first-order chi connectivity index (χ1) is 8.54. The van der Waals surface area contributed by atoms with Crippen LogP contribution in [0.4, 0.5) is 0 Å². The Hall–Kier alpha value is -1.90. The predicted octanol–water partition coefficient (Wildman–Crippen LogP) is 2.94. The van der Waals surface area contributed by atoms with Gasteiger partial charge in [0.25, 0.3) is 5.56 Å². The van der Waals surface area contributed by atoms with Crippen molar-refractivity contribution >= 4 is 0 Å². The summed E-state index contributed by atoms with van der Waals surface area (Å²) in [6.45, 7) is 6.19. The molecule has 94 valence electrons. The van der Waals surface area contributed by atoms with E-state index in [1.165, 1.54) is 5.56 Å². The highest BCUT2D eigenvalue weighted by molar-refractivity contribution is 5.59. The molecule has 0 amide bonds. The van der Waals surface area contributed by atoms with E-state index >= 15 is 0 Å². The van der Waals surface area contributed by atoms with Gasteiger partial charge in [0.2, 0.25) is 0 Å². The number of nitrogens with one attached hydrogen (secondary N) is 1. The minimum absolute atomic E-state index is 0.105. The van der Waals surface area contributed by atoms with E-state index in [9.17, 15) is 4.79 Å². The van der Waals surface area contributed by atoms with Crippen molar-refractivity contribution in [3.05, 3.63) is 52.1 Å². The van der Waals surface area contributed by atoms with Gasteiger partial charge in [0.15, 0.2) is 0 Å². The molecule has 1 aromatic heterocycles. The highest BCUT2D eigenvalue weighted by atomic mass is 16.1. The number of benzene rings is 1. The maximum atomic E-state index is 11.5. The van der Waals surface area contributed by atoms with Gasteiger partial charge in [-0.25, -0.2) is 4.98 Å². The van der Waals surface area contributed by atoms with Gasteiger partial charge in [0.1, 0.15) is 5.82 Å².